The number of unbranched alkanes of at least 4 members (excludes halogenated alkanes) is 15. The number of esters is 2. The lowest BCUT2D eigenvalue weighted by Gasteiger charge is -2.26. The number of likely N-dealkylation sites (N-methyl/N-ethyl adjacent to an activating group) is 1. The third-order valence-electron chi connectivity index (χ3n) is 11.9. The lowest BCUT2D eigenvalue weighted by molar-refractivity contribution is -0.870. The third-order valence-corrected chi connectivity index (χ3v) is 11.9. The van der Waals surface area contributed by atoms with Crippen molar-refractivity contribution in [3.63, 3.8) is 0 Å². The lowest BCUT2D eigenvalue weighted by Crippen LogP contribution is -2.44. The van der Waals surface area contributed by atoms with Crippen molar-refractivity contribution in [2.24, 2.45) is 0 Å². The van der Waals surface area contributed by atoms with Gasteiger partial charge in [-0.1, -0.05) is 218 Å². The molecule has 9 heteroatoms. The summed E-state index contributed by atoms with van der Waals surface area (Å²) in [6, 6.07) is 0. The molecule has 0 bridgehead atoms. The number of carbonyl (C=O) groups excluding carboxylic acids is 3. The van der Waals surface area contributed by atoms with Crippen LogP contribution in [0.2, 0.25) is 0 Å². The predicted octanol–water partition coefficient (Wildman–Crippen LogP) is 16.1. The standard InChI is InChI=1S/C66H107NO8/c1-6-8-10-12-14-16-18-20-22-23-24-25-26-27-28-29-30-31-32-33-34-35-36-37-38-39-40-41-43-45-47-49-51-53-55-57-64(69)75-62(61-74-66(65(70)71)72-59-58-67(3,4)5)60-73-63(68)56-54-52-50-48-46-44-42-21-19-17-15-13-11-9-7-2/h8-11,14-17,20-22,24-25,27-28,30-31,33-34,36-37,42,62,66H,6-7,12-13,18-19,23,26,29,32,35,38-41,43-61H2,1-5H3/b10-8-,11-9-,16-14-,17-15-,22-20-,25-24-,28-27-,31-30-,34-33-,37-36-,42-21-. The van der Waals surface area contributed by atoms with Crippen LogP contribution in [0.1, 0.15) is 206 Å². The number of quaternary nitrogens is 1. The molecule has 0 heterocycles. The Morgan fingerprint density at radius 2 is 0.720 bits per heavy atom. The number of hydrogen-bond donors (Lipinski definition) is 0. The summed E-state index contributed by atoms with van der Waals surface area (Å²) in [6.07, 6.45) is 76.5. The molecule has 0 fully saturated rings. The van der Waals surface area contributed by atoms with Gasteiger partial charge in [-0.15, -0.1) is 0 Å². The Bertz CT molecular complexity index is 1690. The average Bonchev–Trinajstić information content (AvgIpc) is 3.38. The van der Waals surface area contributed by atoms with Gasteiger partial charge in [-0.25, -0.2) is 0 Å². The van der Waals surface area contributed by atoms with E-state index >= 15 is 0 Å². The van der Waals surface area contributed by atoms with E-state index in [1.165, 1.54) is 38.5 Å². The Morgan fingerprint density at radius 1 is 0.400 bits per heavy atom. The summed E-state index contributed by atoms with van der Waals surface area (Å²) < 4.78 is 22.6. The van der Waals surface area contributed by atoms with Crippen LogP contribution in [0.3, 0.4) is 0 Å². The van der Waals surface area contributed by atoms with Crippen molar-refractivity contribution in [2.75, 3.05) is 47.5 Å². The van der Waals surface area contributed by atoms with Crippen molar-refractivity contribution >= 4 is 17.9 Å². The first-order valence-corrected chi connectivity index (χ1v) is 29.3. The lowest BCUT2D eigenvalue weighted by atomic mass is 10.0. The average molecular weight is 1040 g/mol. The van der Waals surface area contributed by atoms with Crippen molar-refractivity contribution in [3.05, 3.63) is 134 Å². The van der Waals surface area contributed by atoms with E-state index in [4.69, 9.17) is 18.9 Å². The molecule has 0 aliphatic rings. The van der Waals surface area contributed by atoms with Gasteiger partial charge in [0.15, 0.2) is 12.4 Å². The number of carbonyl (C=O) groups is 3. The first-order chi connectivity index (χ1) is 36.6. The van der Waals surface area contributed by atoms with Gasteiger partial charge in [-0.3, -0.25) is 9.59 Å². The molecule has 0 saturated heterocycles. The van der Waals surface area contributed by atoms with Crippen LogP contribution in [0, 0.1) is 0 Å². The maximum absolute atomic E-state index is 12.9. The van der Waals surface area contributed by atoms with Gasteiger partial charge in [0.05, 0.1) is 40.3 Å². The summed E-state index contributed by atoms with van der Waals surface area (Å²) in [7, 11) is 5.90. The van der Waals surface area contributed by atoms with E-state index in [9.17, 15) is 19.5 Å². The zero-order valence-corrected chi connectivity index (χ0v) is 48.1. The molecule has 2 atom stereocenters. The summed E-state index contributed by atoms with van der Waals surface area (Å²) in [5.74, 6) is -2.33. The molecule has 424 valence electrons. The molecule has 0 aromatic carbocycles. The van der Waals surface area contributed by atoms with Crippen molar-refractivity contribution in [2.45, 2.75) is 219 Å². The van der Waals surface area contributed by atoms with E-state index < -0.39 is 24.3 Å². The predicted molar refractivity (Wildman–Crippen MR) is 315 cm³/mol. The zero-order valence-electron chi connectivity index (χ0n) is 48.1. The van der Waals surface area contributed by atoms with Gasteiger partial charge in [0.1, 0.15) is 13.2 Å². The minimum atomic E-state index is -1.63. The molecule has 0 N–H and O–H groups in total. The van der Waals surface area contributed by atoms with Gasteiger partial charge in [-0.05, 0) is 109 Å². The van der Waals surface area contributed by atoms with E-state index in [1.807, 2.05) is 21.1 Å². The highest BCUT2D eigenvalue weighted by atomic mass is 16.7. The second-order valence-corrected chi connectivity index (χ2v) is 20.2. The van der Waals surface area contributed by atoms with E-state index in [0.717, 1.165) is 128 Å². The van der Waals surface area contributed by atoms with Crippen LogP contribution in [-0.4, -0.2) is 82.3 Å². The SMILES string of the molecule is CC/C=C\C/C=C\C/C=C\C/C=C\C/C=C\C/C=C\C/C=C\C/C=C\CCCCCCCCCCCCC(=O)OC(COC(=O)CCCCCCC/C=C\C/C=C\C/C=C\CC)COC(OCC[N+](C)(C)C)C(=O)[O-]. The summed E-state index contributed by atoms with van der Waals surface area (Å²) in [6.45, 7) is 4.47. The van der Waals surface area contributed by atoms with Gasteiger partial charge in [-0.2, -0.15) is 0 Å². The molecule has 2 unspecified atom stereocenters. The van der Waals surface area contributed by atoms with Crippen LogP contribution in [0.25, 0.3) is 0 Å². The van der Waals surface area contributed by atoms with Crippen LogP contribution >= 0.6 is 0 Å². The fourth-order valence-electron chi connectivity index (χ4n) is 7.45. The molecule has 0 aromatic heterocycles. The smallest absolute Gasteiger partial charge is 0.306 e. The topological polar surface area (TPSA) is 111 Å². The van der Waals surface area contributed by atoms with E-state index in [0.29, 0.717) is 23.9 Å². The first-order valence-electron chi connectivity index (χ1n) is 29.3. The van der Waals surface area contributed by atoms with Crippen LogP contribution in [0.5, 0.6) is 0 Å². The normalized spacial score (nSPS) is 13.8. The van der Waals surface area contributed by atoms with Crippen LogP contribution in [-0.2, 0) is 33.3 Å². The van der Waals surface area contributed by atoms with Crippen LogP contribution in [0.15, 0.2) is 134 Å². The number of rotatable bonds is 52. The number of allylic oxidation sites excluding steroid dienone is 22. The highest BCUT2D eigenvalue weighted by Crippen LogP contribution is 2.14. The maximum atomic E-state index is 12.9. The van der Waals surface area contributed by atoms with Gasteiger partial charge >= 0.3 is 11.9 Å². The summed E-state index contributed by atoms with van der Waals surface area (Å²) in [5.41, 5.74) is 0. The molecular weight excluding hydrogens is 935 g/mol. The first kappa shape index (κ1) is 70.4. The molecule has 0 rings (SSSR count). The molecule has 0 saturated carbocycles. The van der Waals surface area contributed by atoms with Crippen LogP contribution in [0.4, 0.5) is 0 Å². The van der Waals surface area contributed by atoms with Crippen molar-refractivity contribution in [1.82, 2.24) is 0 Å². The Kier molecular flexibility index (Phi) is 52.3. The summed E-state index contributed by atoms with van der Waals surface area (Å²) >= 11 is 0. The quantitative estimate of drug-likeness (QED) is 0.0195. The van der Waals surface area contributed by atoms with Crippen molar-refractivity contribution in [3.8, 4) is 0 Å². The fraction of sp³-hybridized carbons (Fsp3) is 0.621. The largest absolute Gasteiger partial charge is 0.545 e. The molecule has 0 aliphatic carbocycles. The van der Waals surface area contributed by atoms with E-state index in [2.05, 4.69) is 148 Å². The number of carboxylic acids is 1. The molecule has 0 aliphatic heterocycles. The molecule has 75 heavy (non-hydrogen) atoms. The number of aliphatic carboxylic acids is 1. The minimum absolute atomic E-state index is 0.137. The summed E-state index contributed by atoms with van der Waals surface area (Å²) in [5, 5.41) is 11.8. The molecule has 0 aromatic rings. The van der Waals surface area contributed by atoms with Gasteiger partial charge in [0.25, 0.3) is 0 Å². The third kappa shape index (κ3) is 57.0. The van der Waals surface area contributed by atoms with E-state index in [-0.39, 0.29) is 38.6 Å². The van der Waals surface area contributed by atoms with Crippen LogP contribution < -0.4 is 5.11 Å². The summed E-state index contributed by atoms with van der Waals surface area (Å²) in [4.78, 5) is 37.2. The number of nitrogens with zero attached hydrogens (tertiary/aromatic N) is 1. The minimum Gasteiger partial charge on any atom is -0.545 e. The number of ether oxygens (including phenoxy) is 4. The van der Waals surface area contributed by atoms with E-state index in [1.54, 1.807) is 0 Å². The molecule has 9 nitrogen and oxygen atoms in total. The molecule has 0 amide bonds. The van der Waals surface area contributed by atoms with Crippen molar-refractivity contribution in [1.29, 1.82) is 0 Å². The van der Waals surface area contributed by atoms with Gasteiger partial charge in [0.2, 0.25) is 0 Å². The van der Waals surface area contributed by atoms with Crippen molar-refractivity contribution < 1.29 is 42.9 Å². The Labute approximate surface area is 459 Å². The Balaban J connectivity index is 4.22. The highest BCUT2D eigenvalue weighted by molar-refractivity contribution is 5.70. The Morgan fingerprint density at radius 3 is 1.07 bits per heavy atom. The fourth-order valence-corrected chi connectivity index (χ4v) is 7.45. The zero-order chi connectivity index (χ0) is 54.8. The molecule has 0 radical (unpaired) electrons. The monoisotopic (exact) mass is 1040 g/mol. The highest BCUT2D eigenvalue weighted by Gasteiger charge is 2.22. The second kappa shape index (κ2) is 55.7. The number of carboxylic acid groups (broad SMARTS) is 1. The second-order valence-electron chi connectivity index (χ2n) is 20.2. The Hall–Kier alpha value is -4.57. The van der Waals surface area contributed by atoms with Gasteiger partial charge < -0.3 is 33.3 Å². The molecule has 0 spiro atoms. The van der Waals surface area contributed by atoms with Gasteiger partial charge in [0, 0.05) is 12.8 Å². The molecular formula is C66H107NO8. The number of hydrogen-bond acceptors (Lipinski definition) is 8. The maximum Gasteiger partial charge on any atom is 0.306 e.